The summed E-state index contributed by atoms with van der Waals surface area (Å²) < 4.78 is 0.427. The largest absolute Gasteiger partial charge is 0.276 e. The molecular formula is C7H2BrCl3O. The maximum Gasteiger partial charge on any atom is 0.253 e. The van der Waals surface area contributed by atoms with E-state index >= 15 is 0 Å². The van der Waals surface area contributed by atoms with Crippen LogP contribution in [0.4, 0.5) is 0 Å². The number of hydrogen-bond donors (Lipinski definition) is 0. The van der Waals surface area contributed by atoms with Crippen LogP contribution in [0.5, 0.6) is 0 Å². The maximum absolute atomic E-state index is 10.8. The fourth-order valence-corrected chi connectivity index (χ4v) is 1.91. The lowest BCUT2D eigenvalue weighted by Crippen LogP contribution is -1.90. The van der Waals surface area contributed by atoms with Crippen molar-refractivity contribution in [2.24, 2.45) is 0 Å². The van der Waals surface area contributed by atoms with Crippen LogP contribution in [0.2, 0.25) is 10.0 Å². The fourth-order valence-electron chi connectivity index (χ4n) is 0.678. The van der Waals surface area contributed by atoms with E-state index in [1.165, 1.54) is 12.1 Å². The van der Waals surface area contributed by atoms with Crippen molar-refractivity contribution in [1.29, 1.82) is 0 Å². The maximum atomic E-state index is 10.8. The third kappa shape index (κ3) is 1.94. The zero-order chi connectivity index (χ0) is 9.30. The van der Waals surface area contributed by atoms with Crippen LogP contribution in [0.1, 0.15) is 10.4 Å². The van der Waals surface area contributed by atoms with Gasteiger partial charge in [0.25, 0.3) is 5.24 Å². The van der Waals surface area contributed by atoms with Gasteiger partial charge in [-0.05, 0) is 39.7 Å². The molecule has 0 radical (unpaired) electrons. The van der Waals surface area contributed by atoms with Crippen LogP contribution >= 0.6 is 50.7 Å². The highest BCUT2D eigenvalue weighted by Crippen LogP contribution is 2.33. The number of hydrogen-bond acceptors (Lipinski definition) is 1. The second-order valence-electron chi connectivity index (χ2n) is 2.00. The van der Waals surface area contributed by atoms with Crippen molar-refractivity contribution in [2.45, 2.75) is 0 Å². The van der Waals surface area contributed by atoms with Crippen molar-refractivity contribution in [3.8, 4) is 0 Å². The monoisotopic (exact) mass is 286 g/mol. The Kier molecular flexibility index (Phi) is 3.41. The van der Waals surface area contributed by atoms with E-state index in [1.54, 1.807) is 0 Å². The van der Waals surface area contributed by atoms with Crippen molar-refractivity contribution >= 4 is 56.0 Å². The first kappa shape index (κ1) is 10.3. The average molecular weight is 288 g/mol. The van der Waals surface area contributed by atoms with Gasteiger partial charge in [0.15, 0.2) is 0 Å². The molecule has 0 fully saturated rings. The molecule has 64 valence electrons. The number of carbonyl (C=O) groups is 1. The molecule has 0 heterocycles. The summed E-state index contributed by atoms with van der Waals surface area (Å²) in [4.78, 5) is 10.8. The summed E-state index contributed by atoms with van der Waals surface area (Å²) in [6, 6.07) is 3.03. The van der Waals surface area contributed by atoms with Gasteiger partial charge in [0.1, 0.15) is 0 Å². The van der Waals surface area contributed by atoms with Gasteiger partial charge in [0.2, 0.25) is 0 Å². The van der Waals surface area contributed by atoms with E-state index in [9.17, 15) is 4.79 Å². The highest BCUT2D eigenvalue weighted by molar-refractivity contribution is 9.10. The highest BCUT2D eigenvalue weighted by Gasteiger charge is 2.12. The fraction of sp³-hybridized carbons (Fsp3) is 0. The molecule has 0 unspecified atom stereocenters. The minimum Gasteiger partial charge on any atom is -0.276 e. The smallest absolute Gasteiger partial charge is 0.253 e. The Morgan fingerprint density at radius 3 is 2.42 bits per heavy atom. The molecule has 1 aromatic rings. The molecule has 0 amide bonds. The lowest BCUT2D eigenvalue weighted by molar-refractivity contribution is 0.108. The predicted molar refractivity (Wildman–Crippen MR) is 54.3 cm³/mol. The second kappa shape index (κ2) is 3.97. The number of halogens is 4. The van der Waals surface area contributed by atoms with Gasteiger partial charge in [-0.25, -0.2) is 0 Å². The van der Waals surface area contributed by atoms with Crippen molar-refractivity contribution in [3.05, 3.63) is 32.2 Å². The van der Waals surface area contributed by atoms with Crippen LogP contribution in [-0.4, -0.2) is 5.24 Å². The Bertz CT molecular complexity index is 338. The minimum atomic E-state index is -0.569. The quantitative estimate of drug-likeness (QED) is 0.561. The SMILES string of the molecule is O=C(Cl)c1ccc(Cl)c(Cl)c1Br. The predicted octanol–water partition coefficient (Wildman–Crippen LogP) is 4.13. The molecule has 0 aliphatic heterocycles. The van der Waals surface area contributed by atoms with Crippen LogP contribution in [0.25, 0.3) is 0 Å². The van der Waals surface area contributed by atoms with Crippen LogP contribution in [0, 0.1) is 0 Å². The third-order valence-electron chi connectivity index (χ3n) is 1.25. The summed E-state index contributed by atoms with van der Waals surface area (Å²) in [6.45, 7) is 0. The van der Waals surface area contributed by atoms with Crippen molar-refractivity contribution in [3.63, 3.8) is 0 Å². The Labute approximate surface area is 92.7 Å². The molecule has 0 spiro atoms. The van der Waals surface area contributed by atoms with E-state index in [0.29, 0.717) is 20.1 Å². The van der Waals surface area contributed by atoms with Gasteiger partial charge < -0.3 is 0 Å². The summed E-state index contributed by atoms with van der Waals surface area (Å²) in [5.74, 6) is 0. The molecule has 1 nitrogen and oxygen atoms in total. The lowest BCUT2D eigenvalue weighted by Gasteiger charge is -2.02. The van der Waals surface area contributed by atoms with Gasteiger partial charge in [-0.15, -0.1) is 0 Å². The van der Waals surface area contributed by atoms with E-state index < -0.39 is 5.24 Å². The van der Waals surface area contributed by atoms with Gasteiger partial charge in [-0.1, -0.05) is 23.2 Å². The first-order valence-electron chi connectivity index (χ1n) is 2.87. The molecule has 1 rings (SSSR count). The number of carbonyl (C=O) groups excluding carboxylic acids is 1. The Morgan fingerprint density at radius 1 is 1.33 bits per heavy atom. The lowest BCUT2D eigenvalue weighted by atomic mass is 10.2. The Hall–Kier alpha value is 0.240. The summed E-state index contributed by atoms with van der Waals surface area (Å²) in [6.07, 6.45) is 0. The van der Waals surface area contributed by atoms with Crippen LogP contribution in [0.15, 0.2) is 16.6 Å². The van der Waals surface area contributed by atoms with Crippen LogP contribution in [0.3, 0.4) is 0 Å². The molecule has 0 aliphatic carbocycles. The van der Waals surface area contributed by atoms with E-state index in [2.05, 4.69) is 15.9 Å². The summed E-state index contributed by atoms with van der Waals surface area (Å²) in [5, 5.41) is 0.105. The number of rotatable bonds is 1. The van der Waals surface area contributed by atoms with Gasteiger partial charge in [0, 0.05) is 10.0 Å². The molecule has 0 bridgehead atoms. The Morgan fingerprint density at radius 2 is 1.92 bits per heavy atom. The van der Waals surface area contributed by atoms with Crippen molar-refractivity contribution < 1.29 is 4.79 Å². The van der Waals surface area contributed by atoms with Gasteiger partial charge in [0.05, 0.1) is 10.0 Å². The average Bonchev–Trinajstić information content (AvgIpc) is 2.00. The van der Waals surface area contributed by atoms with Gasteiger partial charge >= 0.3 is 0 Å². The standard InChI is InChI=1S/C7H2BrCl3O/c8-5-3(7(11)12)1-2-4(9)6(5)10/h1-2H. The van der Waals surface area contributed by atoms with Crippen LogP contribution in [-0.2, 0) is 0 Å². The minimum absolute atomic E-state index is 0.295. The zero-order valence-corrected chi connectivity index (χ0v) is 9.43. The molecule has 0 aromatic heterocycles. The molecular weight excluding hydrogens is 286 g/mol. The van der Waals surface area contributed by atoms with Gasteiger partial charge in [-0.3, -0.25) is 4.79 Å². The summed E-state index contributed by atoms with van der Waals surface area (Å²) in [7, 11) is 0. The van der Waals surface area contributed by atoms with E-state index in [4.69, 9.17) is 34.8 Å². The van der Waals surface area contributed by atoms with E-state index in [1.807, 2.05) is 0 Å². The topological polar surface area (TPSA) is 17.1 Å². The third-order valence-corrected chi connectivity index (χ3v) is 3.31. The molecule has 0 atom stereocenters. The molecule has 0 aliphatic rings. The van der Waals surface area contributed by atoms with Crippen molar-refractivity contribution in [2.75, 3.05) is 0 Å². The molecule has 0 saturated carbocycles. The molecule has 0 saturated heterocycles. The zero-order valence-electron chi connectivity index (χ0n) is 5.57. The number of benzene rings is 1. The first-order chi connectivity index (χ1) is 5.54. The summed E-state index contributed by atoms with van der Waals surface area (Å²) in [5.41, 5.74) is 0.311. The van der Waals surface area contributed by atoms with Gasteiger partial charge in [-0.2, -0.15) is 0 Å². The second-order valence-corrected chi connectivity index (χ2v) is 3.92. The molecule has 1 aromatic carbocycles. The van der Waals surface area contributed by atoms with Crippen LogP contribution < -0.4 is 0 Å². The first-order valence-corrected chi connectivity index (χ1v) is 4.80. The molecule has 0 N–H and O–H groups in total. The van der Waals surface area contributed by atoms with Crippen molar-refractivity contribution in [1.82, 2.24) is 0 Å². The van der Waals surface area contributed by atoms with E-state index in [-0.39, 0.29) is 0 Å². The molecule has 5 heteroatoms. The van der Waals surface area contributed by atoms with E-state index in [0.717, 1.165) is 0 Å². The normalized spacial score (nSPS) is 10.0. The molecule has 12 heavy (non-hydrogen) atoms. The summed E-state index contributed by atoms with van der Waals surface area (Å²) >= 11 is 19.8. The Balaban J connectivity index is 3.36. The highest BCUT2D eigenvalue weighted by atomic mass is 79.9.